The third kappa shape index (κ3) is 2.40. The highest BCUT2D eigenvalue weighted by Gasteiger charge is 2.06. The van der Waals surface area contributed by atoms with Gasteiger partial charge in [0.15, 0.2) is 0 Å². The third-order valence-electron chi connectivity index (χ3n) is 3.62. The van der Waals surface area contributed by atoms with E-state index in [1.165, 1.54) is 11.6 Å². The van der Waals surface area contributed by atoms with Crippen LogP contribution in [0.1, 0.15) is 35.7 Å². The van der Waals surface area contributed by atoms with E-state index in [1.807, 2.05) is 16.7 Å². The normalized spacial score (nSPS) is 11.2. The van der Waals surface area contributed by atoms with Crippen LogP contribution in [0.2, 0.25) is 0 Å². The summed E-state index contributed by atoms with van der Waals surface area (Å²) < 4.78 is 1.94. The van der Waals surface area contributed by atoms with Crippen molar-refractivity contribution in [3.63, 3.8) is 0 Å². The zero-order valence-corrected chi connectivity index (χ0v) is 11.9. The van der Waals surface area contributed by atoms with Gasteiger partial charge in [0.05, 0.1) is 17.0 Å². The van der Waals surface area contributed by atoms with Crippen LogP contribution in [-0.2, 0) is 0 Å². The maximum absolute atomic E-state index is 10.9. The van der Waals surface area contributed by atoms with Crippen LogP contribution in [0.15, 0.2) is 48.8 Å². The first-order chi connectivity index (χ1) is 10.1. The molecule has 0 saturated carbocycles. The molecule has 0 saturated heterocycles. The molecule has 106 valence electrons. The first-order valence-electron chi connectivity index (χ1n) is 6.85. The van der Waals surface area contributed by atoms with E-state index in [2.05, 4.69) is 31.0 Å². The predicted molar refractivity (Wildman–Crippen MR) is 79.5 cm³/mol. The molecule has 0 bridgehead atoms. The number of carboxylic acids is 1. The van der Waals surface area contributed by atoms with Gasteiger partial charge in [0, 0.05) is 5.69 Å². The van der Waals surface area contributed by atoms with E-state index in [9.17, 15) is 9.90 Å². The summed E-state index contributed by atoms with van der Waals surface area (Å²) in [6.45, 7) is 4.31. The molecular weight excluding hydrogens is 264 g/mol. The highest BCUT2D eigenvalue weighted by atomic mass is 16.4. The molecule has 4 nitrogen and oxygen atoms in total. The molecule has 0 spiro atoms. The van der Waals surface area contributed by atoms with Crippen molar-refractivity contribution in [1.29, 1.82) is 0 Å². The molecule has 0 radical (unpaired) electrons. The lowest BCUT2D eigenvalue weighted by Gasteiger charge is -2.09. The molecule has 0 aliphatic rings. The van der Waals surface area contributed by atoms with Gasteiger partial charge in [0.25, 0.3) is 0 Å². The largest absolute Gasteiger partial charge is 0.545 e. The molecule has 0 amide bonds. The predicted octanol–water partition coefficient (Wildman–Crippen LogP) is 2.51. The second-order valence-electron chi connectivity index (χ2n) is 5.35. The maximum atomic E-state index is 10.9. The Hall–Kier alpha value is -2.62. The van der Waals surface area contributed by atoms with Gasteiger partial charge in [0.2, 0.25) is 0 Å². The number of hydrogen-bond donors (Lipinski definition) is 0. The topological polar surface area (TPSA) is 58.0 Å². The van der Waals surface area contributed by atoms with Gasteiger partial charge in [-0.15, -0.1) is 0 Å². The van der Waals surface area contributed by atoms with Gasteiger partial charge in [-0.25, -0.2) is 4.98 Å². The molecule has 0 aliphatic carbocycles. The molecule has 0 unspecified atom stereocenters. The van der Waals surface area contributed by atoms with Crippen molar-refractivity contribution in [1.82, 2.24) is 9.55 Å². The monoisotopic (exact) mass is 279 g/mol. The SMILES string of the molecule is CC(C)c1ccc(-n2cnc3cc(C(=O)[O-])ccc32)cc1. The molecule has 4 heteroatoms. The maximum Gasteiger partial charge on any atom is 0.100 e. The molecule has 0 atom stereocenters. The van der Waals surface area contributed by atoms with E-state index in [1.54, 1.807) is 18.5 Å². The molecule has 3 aromatic rings. The number of fused-ring (bicyclic) bond motifs is 1. The average molecular weight is 279 g/mol. The molecule has 1 aromatic heterocycles. The molecule has 0 fully saturated rings. The number of aromatic carboxylic acids is 1. The Labute approximate surface area is 122 Å². The summed E-state index contributed by atoms with van der Waals surface area (Å²) in [5, 5.41) is 10.9. The van der Waals surface area contributed by atoms with Crippen LogP contribution in [0.4, 0.5) is 0 Å². The number of carboxylic acid groups (broad SMARTS) is 1. The summed E-state index contributed by atoms with van der Waals surface area (Å²) in [6, 6.07) is 13.1. The van der Waals surface area contributed by atoms with E-state index in [-0.39, 0.29) is 5.56 Å². The van der Waals surface area contributed by atoms with Crippen LogP contribution in [0, 0.1) is 0 Å². The number of imidazole rings is 1. The van der Waals surface area contributed by atoms with Gasteiger partial charge in [-0.1, -0.05) is 32.0 Å². The van der Waals surface area contributed by atoms with E-state index < -0.39 is 5.97 Å². The summed E-state index contributed by atoms with van der Waals surface area (Å²) >= 11 is 0. The summed E-state index contributed by atoms with van der Waals surface area (Å²) in [6.07, 6.45) is 1.70. The Morgan fingerprint density at radius 2 is 1.86 bits per heavy atom. The van der Waals surface area contributed by atoms with Gasteiger partial charge in [-0.2, -0.15) is 0 Å². The lowest BCUT2D eigenvalue weighted by Crippen LogP contribution is -2.21. The van der Waals surface area contributed by atoms with Gasteiger partial charge in [-0.3, -0.25) is 4.57 Å². The zero-order chi connectivity index (χ0) is 15.0. The Morgan fingerprint density at radius 1 is 1.14 bits per heavy atom. The number of carbonyl (C=O) groups is 1. The fourth-order valence-electron chi connectivity index (χ4n) is 2.37. The van der Waals surface area contributed by atoms with Crippen molar-refractivity contribution in [2.75, 3.05) is 0 Å². The molecule has 0 aliphatic heterocycles. The van der Waals surface area contributed by atoms with Gasteiger partial charge < -0.3 is 9.90 Å². The van der Waals surface area contributed by atoms with Crippen LogP contribution in [0.5, 0.6) is 0 Å². The van der Waals surface area contributed by atoms with Gasteiger partial charge >= 0.3 is 0 Å². The standard InChI is InChI=1S/C17H16N2O2/c1-11(2)12-3-6-14(7-4-12)19-10-18-15-9-13(17(20)21)5-8-16(15)19/h3-11H,1-2H3,(H,20,21)/p-1. The first kappa shape index (κ1) is 13.4. The van der Waals surface area contributed by atoms with Gasteiger partial charge in [0.1, 0.15) is 6.33 Å². The van der Waals surface area contributed by atoms with Crippen LogP contribution in [-0.4, -0.2) is 15.5 Å². The summed E-state index contributed by atoms with van der Waals surface area (Å²) in [7, 11) is 0. The molecular formula is C17H15N2O2-. The van der Waals surface area contributed by atoms with Crippen molar-refractivity contribution in [2.45, 2.75) is 19.8 Å². The van der Waals surface area contributed by atoms with Gasteiger partial charge in [-0.05, 0) is 41.3 Å². The number of nitrogens with zero attached hydrogens (tertiary/aromatic N) is 2. The Balaban J connectivity index is 2.06. The first-order valence-corrected chi connectivity index (χ1v) is 6.85. The summed E-state index contributed by atoms with van der Waals surface area (Å²) in [5.41, 5.74) is 3.94. The minimum atomic E-state index is -1.19. The Kier molecular flexibility index (Phi) is 3.22. The van der Waals surface area contributed by atoms with Crippen LogP contribution >= 0.6 is 0 Å². The van der Waals surface area contributed by atoms with Crippen molar-refractivity contribution >= 4 is 17.0 Å². The number of benzene rings is 2. The van der Waals surface area contributed by atoms with Crippen molar-refractivity contribution in [3.05, 3.63) is 59.9 Å². The minimum absolute atomic E-state index is 0.142. The van der Waals surface area contributed by atoms with E-state index in [0.717, 1.165) is 11.2 Å². The molecule has 21 heavy (non-hydrogen) atoms. The molecule has 3 rings (SSSR count). The highest BCUT2D eigenvalue weighted by molar-refractivity contribution is 5.91. The highest BCUT2D eigenvalue weighted by Crippen LogP contribution is 2.21. The van der Waals surface area contributed by atoms with E-state index >= 15 is 0 Å². The zero-order valence-electron chi connectivity index (χ0n) is 11.9. The van der Waals surface area contributed by atoms with Crippen LogP contribution in [0.3, 0.4) is 0 Å². The summed E-state index contributed by atoms with van der Waals surface area (Å²) in [5.74, 6) is -0.697. The number of carbonyl (C=O) groups excluding carboxylic acids is 1. The van der Waals surface area contributed by atoms with Crippen molar-refractivity contribution in [2.24, 2.45) is 0 Å². The smallest absolute Gasteiger partial charge is 0.100 e. The fourth-order valence-corrected chi connectivity index (χ4v) is 2.37. The second-order valence-corrected chi connectivity index (χ2v) is 5.35. The molecule has 1 heterocycles. The minimum Gasteiger partial charge on any atom is -0.545 e. The number of aromatic nitrogens is 2. The van der Waals surface area contributed by atoms with Crippen molar-refractivity contribution < 1.29 is 9.90 Å². The Bertz CT molecular complexity index is 801. The van der Waals surface area contributed by atoms with Crippen LogP contribution in [0.25, 0.3) is 16.7 Å². The lowest BCUT2D eigenvalue weighted by molar-refractivity contribution is -0.255. The molecule has 0 N–H and O–H groups in total. The van der Waals surface area contributed by atoms with Crippen molar-refractivity contribution in [3.8, 4) is 5.69 Å². The summed E-state index contributed by atoms with van der Waals surface area (Å²) in [4.78, 5) is 15.1. The second kappa shape index (κ2) is 5.05. The number of rotatable bonds is 3. The third-order valence-corrected chi connectivity index (χ3v) is 3.62. The Morgan fingerprint density at radius 3 is 2.48 bits per heavy atom. The number of hydrogen-bond acceptors (Lipinski definition) is 3. The molecule has 2 aromatic carbocycles. The quantitative estimate of drug-likeness (QED) is 0.740. The van der Waals surface area contributed by atoms with E-state index in [0.29, 0.717) is 11.4 Å². The lowest BCUT2D eigenvalue weighted by atomic mass is 10.0. The van der Waals surface area contributed by atoms with Crippen LogP contribution < -0.4 is 5.11 Å². The fraction of sp³-hybridized carbons (Fsp3) is 0.176. The van der Waals surface area contributed by atoms with E-state index in [4.69, 9.17) is 0 Å². The average Bonchev–Trinajstić information content (AvgIpc) is 2.90.